The second kappa shape index (κ2) is 12.2. The van der Waals surface area contributed by atoms with Crippen molar-refractivity contribution in [2.75, 3.05) is 32.0 Å². The summed E-state index contributed by atoms with van der Waals surface area (Å²) in [4.78, 5) is 15.5. The van der Waals surface area contributed by atoms with Crippen LogP contribution in [0.2, 0.25) is 0 Å². The maximum absolute atomic E-state index is 11.3. The third-order valence-electron chi connectivity index (χ3n) is 4.54. The van der Waals surface area contributed by atoms with Crippen LogP contribution in [-0.4, -0.2) is 42.9 Å². The molecule has 0 aromatic heterocycles. The van der Waals surface area contributed by atoms with E-state index < -0.39 is 0 Å². The van der Waals surface area contributed by atoms with E-state index in [2.05, 4.69) is 68.4 Å². The Kier molecular flexibility index (Phi) is 10.3. The molecule has 0 atom stereocenters. The van der Waals surface area contributed by atoms with Crippen LogP contribution in [0.5, 0.6) is 0 Å². The fraction of sp³-hybridized carbons (Fsp3) is 0.522. The number of hydrogen-bond acceptors (Lipinski definition) is 3. The Labute approximate surface area is 165 Å². The average molecular weight is 372 g/mol. The van der Waals surface area contributed by atoms with Gasteiger partial charge in [-0.05, 0) is 37.5 Å². The van der Waals surface area contributed by atoms with Gasteiger partial charge in [0.15, 0.2) is 0 Å². The Morgan fingerprint density at radius 2 is 2.04 bits per heavy atom. The van der Waals surface area contributed by atoms with E-state index in [-0.39, 0.29) is 0 Å². The van der Waals surface area contributed by atoms with Crippen LogP contribution >= 0.6 is 0 Å². The molecule has 1 aromatic carbocycles. The summed E-state index contributed by atoms with van der Waals surface area (Å²) in [6.07, 6.45) is 6.16. The Morgan fingerprint density at radius 1 is 1.30 bits per heavy atom. The van der Waals surface area contributed by atoms with Crippen molar-refractivity contribution >= 4 is 12.1 Å². The van der Waals surface area contributed by atoms with Gasteiger partial charge in [-0.1, -0.05) is 45.9 Å². The van der Waals surface area contributed by atoms with E-state index in [9.17, 15) is 4.79 Å². The van der Waals surface area contributed by atoms with Gasteiger partial charge in [-0.2, -0.15) is 0 Å². The van der Waals surface area contributed by atoms with Crippen LogP contribution in [-0.2, 0) is 4.79 Å². The number of aryl methyl sites for hydroxylation is 1. The molecular weight excluding hydrogens is 334 g/mol. The molecule has 4 heteroatoms. The fourth-order valence-corrected chi connectivity index (χ4v) is 3.33. The van der Waals surface area contributed by atoms with Gasteiger partial charge in [-0.3, -0.25) is 4.79 Å². The largest absolute Gasteiger partial charge is 0.378 e. The topological polar surface area (TPSA) is 35.6 Å². The highest BCUT2D eigenvalue weighted by atomic mass is 16.1. The van der Waals surface area contributed by atoms with Gasteiger partial charge in [-0.25, -0.2) is 0 Å². The molecular formula is C23H37N3O. The van der Waals surface area contributed by atoms with Gasteiger partial charge >= 0.3 is 0 Å². The predicted molar refractivity (Wildman–Crippen MR) is 117 cm³/mol. The number of nitrogens with one attached hydrogen (secondary N) is 1. The van der Waals surface area contributed by atoms with Crippen LogP contribution in [0.3, 0.4) is 0 Å². The van der Waals surface area contributed by atoms with E-state index in [1.54, 1.807) is 0 Å². The van der Waals surface area contributed by atoms with Crippen LogP contribution in [0.15, 0.2) is 47.3 Å². The maximum atomic E-state index is 11.3. The molecule has 1 aliphatic heterocycles. The number of rotatable bonds is 8. The summed E-state index contributed by atoms with van der Waals surface area (Å²) >= 11 is 0. The number of allylic oxidation sites excluding steroid dienone is 1. The molecule has 27 heavy (non-hydrogen) atoms. The van der Waals surface area contributed by atoms with Crippen LogP contribution in [0.25, 0.3) is 0 Å². The number of nitrogens with zero attached hydrogens (tertiary/aromatic N) is 2. The number of carbonyl (C=O) groups is 1. The molecule has 1 N–H and O–H groups in total. The zero-order valence-electron chi connectivity index (χ0n) is 18.0. The van der Waals surface area contributed by atoms with Gasteiger partial charge in [0.2, 0.25) is 6.41 Å². The SMILES string of the molecule is CC.CC/C=C(\Nc1cccc(C)c1)C1=C(N(C)CCC)CCN(C=O)C1. The van der Waals surface area contributed by atoms with Gasteiger partial charge in [0.1, 0.15) is 0 Å². The molecule has 1 amide bonds. The van der Waals surface area contributed by atoms with E-state index in [0.717, 1.165) is 50.1 Å². The number of amides is 1. The van der Waals surface area contributed by atoms with Gasteiger partial charge in [0.25, 0.3) is 0 Å². The van der Waals surface area contributed by atoms with Gasteiger partial charge in [-0.15, -0.1) is 0 Å². The first kappa shape index (κ1) is 22.8. The molecule has 0 fully saturated rings. The first-order valence-corrected chi connectivity index (χ1v) is 10.3. The Hall–Kier alpha value is -2.23. The average Bonchev–Trinajstić information content (AvgIpc) is 2.69. The monoisotopic (exact) mass is 371 g/mol. The number of hydrogen-bond donors (Lipinski definition) is 1. The molecule has 1 heterocycles. The molecule has 0 saturated carbocycles. The minimum atomic E-state index is 0.664. The molecule has 0 spiro atoms. The molecule has 1 aromatic rings. The van der Waals surface area contributed by atoms with E-state index >= 15 is 0 Å². The van der Waals surface area contributed by atoms with Crippen LogP contribution < -0.4 is 5.32 Å². The lowest BCUT2D eigenvalue weighted by atomic mass is 10.0. The standard InChI is InChI=1S/C21H31N3O.C2H6/c1-5-8-20(22-18-10-7-9-17(3)14-18)19-15-24(16-25)13-11-21(19)23(4)12-6-2;1-2/h7-10,14,16,22H,5-6,11-13,15H2,1-4H3;1-2H3/b20-8-;. The van der Waals surface area contributed by atoms with Crippen molar-refractivity contribution in [1.29, 1.82) is 0 Å². The lowest BCUT2D eigenvalue weighted by Crippen LogP contribution is -2.36. The predicted octanol–water partition coefficient (Wildman–Crippen LogP) is 5.19. The summed E-state index contributed by atoms with van der Waals surface area (Å²) in [6.45, 7) is 12.9. The van der Waals surface area contributed by atoms with Crippen LogP contribution in [0.4, 0.5) is 5.69 Å². The van der Waals surface area contributed by atoms with E-state index in [1.807, 2.05) is 18.7 Å². The summed E-state index contributed by atoms with van der Waals surface area (Å²) in [5, 5.41) is 3.60. The first-order chi connectivity index (χ1) is 13.1. The van der Waals surface area contributed by atoms with Gasteiger partial charge < -0.3 is 15.1 Å². The zero-order valence-corrected chi connectivity index (χ0v) is 18.0. The van der Waals surface area contributed by atoms with Crippen molar-refractivity contribution in [2.24, 2.45) is 0 Å². The first-order valence-electron chi connectivity index (χ1n) is 10.3. The van der Waals surface area contributed by atoms with Crippen molar-refractivity contribution in [3.8, 4) is 0 Å². The fourth-order valence-electron chi connectivity index (χ4n) is 3.33. The van der Waals surface area contributed by atoms with Crippen LogP contribution in [0.1, 0.15) is 52.5 Å². The molecule has 0 saturated heterocycles. The molecule has 0 bridgehead atoms. The highest BCUT2D eigenvalue weighted by Gasteiger charge is 2.23. The summed E-state index contributed by atoms with van der Waals surface area (Å²) in [7, 11) is 2.16. The number of benzene rings is 1. The van der Waals surface area contributed by atoms with Crippen molar-refractivity contribution in [3.63, 3.8) is 0 Å². The molecule has 2 rings (SSSR count). The van der Waals surface area contributed by atoms with E-state index in [0.29, 0.717) is 6.54 Å². The summed E-state index contributed by atoms with van der Waals surface area (Å²) in [5.41, 5.74) is 6.03. The molecule has 0 aliphatic carbocycles. The number of anilines is 1. The maximum Gasteiger partial charge on any atom is 0.210 e. The quantitative estimate of drug-likeness (QED) is 0.639. The van der Waals surface area contributed by atoms with Crippen molar-refractivity contribution in [2.45, 2.75) is 53.9 Å². The van der Waals surface area contributed by atoms with Gasteiger partial charge in [0.05, 0.1) is 0 Å². The third kappa shape index (κ3) is 6.78. The second-order valence-electron chi connectivity index (χ2n) is 6.69. The Bertz CT molecular complexity index is 649. The minimum absolute atomic E-state index is 0.664. The van der Waals surface area contributed by atoms with Gasteiger partial charge in [0, 0.05) is 55.8 Å². The van der Waals surface area contributed by atoms with Crippen molar-refractivity contribution < 1.29 is 4.79 Å². The molecule has 150 valence electrons. The molecule has 0 unspecified atom stereocenters. The molecule has 0 radical (unpaired) electrons. The Morgan fingerprint density at radius 3 is 2.63 bits per heavy atom. The lowest BCUT2D eigenvalue weighted by molar-refractivity contribution is -0.118. The molecule has 1 aliphatic rings. The minimum Gasteiger partial charge on any atom is -0.378 e. The summed E-state index contributed by atoms with van der Waals surface area (Å²) in [5.74, 6) is 0. The highest BCUT2D eigenvalue weighted by Crippen LogP contribution is 2.27. The zero-order chi connectivity index (χ0) is 20.2. The van der Waals surface area contributed by atoms with Crippen LogP contribution in [0, 0.1) is 6.92 Å². The smallest absolute Gasteiger partial charge is 0.210 e. The highest BCUT2D eigenvalue weighted by molar-refractivity contribution is 5.58. The molecule has 4 nitrogen and oxygen atoms in total. The van der Waals surface area contributed by atoms with Crippen molar-refractivity contribution in [3.05, 3.63) is 52.9 Å². The Balaban J connectivity index is 0.00000176. The van der Waals surface area contributed by atoms with E-state index in [4.69, 9.17) is 0 Å². The summed E-state index contributed by atoms with van der Waals surface area (Å²) in [6, 6.07) is 8.41. The second-order valence-corrected chi connectivity index (χ2v) is 6.69. The summed E-state index contributed by atoms with van der Waals surface area (Å²) < 4.78 is 0. The van der Waals surface area contributed by atoms with E-state index in [1.165, 1.54) is 16.8 Å². The number of carbonyl (C=O) groups excluding carboxylic acids is 1. The third-order valence-corrected chi connectivity index (χ3v) is 4.54. The normalized spacial score (nSPS) is 14.4. The van der Waals surface area contributed by atoms with Crippen molar-refractivity contribution in [1.82, 2.24) is 9.80 Å². The lowest BCUT2D eigenvalue weighted by Gasteiger charge is -2.34.